The quantitative estimate of drug-likeness (QED) is 0.541. The molecule has 2 heteroatoms. The van der Waals surface area contributed by atoms with E-state index >= 15 is 0 Å². The van der Waals surface area contributed by atoms with Crippen molar-refractivity contribution in [2.24, 2.45) is 0 Å². The normalized spacial score (nSPS) is 11.9. The summed E-state index contributed by atoms with van der Waals surface area (Å²) in [7, 11) is 0. The lowest BCUT2D eigenvalue weighted by atomic mass is 10.1. The van der Waals surface area contributed by atoms with Crippen molar-refractivity contribution in [3.05, 3.63) is 12.3 Å². The molecule has 0 fully saturated rings. The molecule has 0 aliphatic carbocycles. The van der Waals surface area contributed by atoms with Crippen molar-refractivity contribution in [1.29, 1.82) is 5.41 Å². The van der Waals surface area contributed by atoms with Crippen molar-refractivity contribution in [3.63, 3.8) is 0 Å². The van der Waals surface area contributed by atoms with E-state index in [0.717, 1.165) is 0 Å². The maximum absolute atomic E-state index is 6.66. The van der Waals surface area contributed by atoms with Crippen LogP contribution in [0.4, 0.5) is 0 Å². The predicted molar refractivity (Wildman–Crippen MR) is 40.8 cm³/mol. The first-order valence-corrected chi connectivity index (χ1v) is 2.99. The summed E-state index contributed by atoms with van der Waals surface area (Å²) in [6.07, 6.45) is 4.68. The highest BCUT2D eigenvalue weighted by Crippen LogP contribution is 1.96. The van der Waals surface area contributed by atoms with Crippen LogP contribution in [0.5, 0.6) is 0 Å². The first-order chi connectivity index (χ1) is 4.06. The second-order valence-electron chi connectivity index (χ2n) is 2.92. The predicted octanol–water partition coefficient (Wildman–Crippen LogP) is 1.54. The molecule has 0 aliphatic heterocycles. The highest BCUT2D eigenvalue weighted by molar-refractivity contribution is 5.67. The Bertz CT molecular complexity index is 109. The van der Waals surface area contributed by atoms with Gasteiger partial charge in [-0.15, -0.1) is 0 Å². The van der Waals surface area contributed by atoms with Gasteiger partial charge >= 0.3 is 0 Å². The van der Waals surface area contributed by atoms with Crippen LogP contribution in [0.2, 0.25) is 0 Å². The van der Waals surface area contributed by atoms with Crippen LogP contribution in [-0.2, 0) is 0 Å². The lowest BCUT2D eigenvalue weighted by Gasteiger charge is -2.17. The fourth-order valence-corrected chi connectivity index (χ4v) is 0.346. The molecule has 0 aromatic rings. The highest BCUT2D eigenvalue weighted by Gasteiger charge is 2.03. The van der Waals surface area contributed by atoms with E-state index < -0.39 is 0 Å². The molecule has 2 N–H and O–H groups in total. The summed E-state index contributed by atoms with van der Waals surface area (Å²) in [6.45, 7) is 6.21. The highest BCUT2D eigenvalue weighted by atomic mass is 14.9. The van der Waals surface area contributed by atoms with Crippen LogP contribution < -0.4 is 5.32 Å². The van der Waals surface area contributed by atoms with Crippen molar-refractivity contribution < 1.29 is 0 Å². The fourth-order valence-electron chi connectivity index (χ4n) is 0.346. The molecular formula is C7H14N2. The van der Waals surface area contributed by atoms with Crippen LogP contribution in [-0.4, -0.2) is 11.8 Å². The van der Waals surface area contributed by atoms with E-state index in [1.807, 2.05) is 0 Å². The summed E-state index contributed by atoms with van der Waals surface area (Å²) >= 11 is 0. The van der Waals surface area contributed by atoms with Crippen LogP contribution in [0.15, 0.2) is 12.3 Å². The van der Waals surface area contributed by atoms with E-state index in [1.165, 1.54) is 6.21 Å². The SMILES string of the molecule is CC(C)(C)N/C=C\C=N. The number of rotatable bonds is 2. The van der Waals surface area contributed by atoms with Gasteiger partial charge in [0.15, 0.2) is 0 Å². The van der Waals surface area contributed by atoms with Crippen molar-refractivity contribution >= 4 is 6.21 Å². The standard InChI is InChI=1S/C7H14N2/c1-7(2,3)9-6-4-5-8/h4-6,8-9H,1-3H3/b6-4-,8-5?. The Hall–Kier alpha value is -0.790. The minimum atomic E-state index is 0.111. The fraction of sp³-hybridized carbons (Fsp3) is 0.571. The molecule has 0 spiro atoms. The average molecular weight is 126 g/mol. The Morgan fingerprint density at radius 1 is 1.33 bits per heavy atom. The van der Waals surface area contributed by atoms with E-state index in [-0.39, 0.29) is 5.54 Å². The Labute approximate surface area is 56.5 Å². The Morgan fingerprint density at radius 3 is 2.22 bits per heavy atom. The zero-order chi connectivity index (χ0) is 7.33. The van der Waals surface area contributed by atoms with Gasteiger partial charge in [0.05, 0.1) is 0 Å². The smallest absolute Gasteiger partial charge is 0.0283 e. The first-order valence-electron chi connectivity index (χ1n) is 2.99. The van der Waals surface area contributed by atoms with Gasteiger partial charge in [-0.05, 0) is 33.0 Å². The molecule has 0 saturated carbocycles. The van der Waals surface area contributed by atoms with Gasteiger partial charge in [-0.2, -0.15) is 0 Å². The molecule has 0 rings (SSSR count). The van der Waals surface area contributed by atoms with Crippen molar-refractivity contribution in [1.82, 2.24) is 5.32 Å². The molecule has 0 unspecified atom stereocenters. The van der Waals surface area contributed by atoms with Gasteiger partial charge in [0.25, 0.3) is 0 Å². The second-order valence-corrected chi connectivity index (χ2v) is 2.92. The third-order valence-corrected chi connectivity index (χ3v) is 0.709. The molecule has 52 valence electrons. The molecule has 0 aromatic heterocycles. The number of allylic oxidation sites excluding steroid dienone is 1. The Kier molecular flexibility index (Phi) is 2.99. The topological polar surface area (TPSA) is 35.9 Å². The first kappa shape index (κ1) is 8.21. The molecule has 0 amide bonds. The molecule has 0 aromatic carbocycles. The number of hydrogen-bond acceptors (Lipinski definition) is 2. The summed E-state index contributed by atoms with van der Waals surface area (Å²) in [4.78, 5) is 0. The van der Waals surface area contributed by atoms with Crippen LogP contribution in [0, 0.1) is 5.41 Å². The summed E-state index contributed by atoms with van der Waals surface area (Å²) in [5, 5.41) is 9.75. The largest absolute Gasteiger partial charge is 0.386 e. The molecule has 0 saturated heterocycles. The Morgan fingerprint density at radius 2 is 1.89 bits per heavy atom. The van der Waals surface area contributed by atoms with Crippen LogP contribution in [0.1, 0.15) is 20.8 Å². The molecular weight excluding hydrogens is 112 g/mol. The average Bonchev–Trinajstić information content (AvgIpc) is 1.63. The van der Waals surface area contributed by atoms with Crippen molar-refractivity contribution in [3.8, 4) is 0 Å². The molecule has 0 bridgehead atoms. The lowest BCUT2D eigenvalue weighted by molar-refractivity contribution is 0.491. The molecule has 0 heterocycles. The van der Waals surface area contributed by atoms with Gasteiger partial charge in [0.1, 0.15) is 0 Å². The van der Waals surface area contributed by atoms with Gasteiger partial charge < -0.3 is 10.7 Å². The lowest BCUT2D eigenvalue weighted by Crippen LogP contribution is -2.30. The molecule has 0 atom stereocenters. The van der Waals surface area contributed by atoms with Crippen molar-refractivity contribution in [2.75, 3.05) is 0 Å². The molecule has 0 aliphatic rings. The molecule has 0 radical (unpaired) electrons. The van der Waals surface area contributed by atoms with Gasteiger partial charge in [0.2, 0.25) is 0 Å². The van der Waals surface area contributed by atoms with Gasteiger partial charge in [-0.25, -0.2) is 0 Å². The third-order valence-electron chi connectivity index (χ3n) is 0.709. The number of nitrogens with one attached hydrogen (secondary N) is 2. The summed E-state index contributed by atoms with van der Waals surface area (Å²) in [6, 6.07) is 0. The summed E-state index contributed by atoms with van der Waals surface area (Å²) in [5.74, 6) is 0. The monoisotopic (exact) mass is 126 g/mol. The van der Waals surface area contributed by atoms with E-state index in [0.29, 0.717) is 0 Å². The summed E-state index contributed by atoms with van der Waals surface area (Å²) < 4.78 is 0. The van der Waals surface area contributed by atoms with Crippen LogP contribution in [0.25, 0.3) is 0 Å². The van der Waals surface area contributed by atoms with E-state index in [2.05, 4.69) is 26.1 Å². The van der Waals surface area contributed by atoms with Crippen LogP contribution >= 0.6 is 0 Å². The second kappa shape index (κ2) is 3.28. The van der Waals surface area contributed by atoms with E-state index in [4.69, 9.17) is 5.41 Å². The minimum absolute atomic E-state index is 0.111. The number of hydrogen-bond donors (Lipinski definition) is 2. The van der Waals surface area contributed by atoms with Gasteiger partial charge in [-0.3, -0.25) is 0 Å². The zero-order valence-electron chi connectivity index (χ0n) is 6.23. The molecule has 9 heavy (non-hydrogen) atoms. The van der Waals surface area contributed by atoms with E-state index in [9.17, 15) is 0 Å². The van der Waals surface area contributed by atoms with Gasteiger partial charge in [-0.1, -0.05) is 0 Å². The van der Waals surface area contributed by atoms with Crippen LogP contribution in [0.3, 0.4) is 0 Å². The zero-order valence-corrected chi connectivity index (χ0v) is 6.23. The minimum Gasteiger partial charge on any atom is -0.386 e. The van der Waals surface area contributed by atoms with Crippen molar-refractivity contribution in [2.45, 2.75) is 26.3 Å². The van der Waals surface area contributed by atoms with Gasteiger partial charge in [0, 0.05) is 11.8 Å². The molecule has 2 nitrogen and oxygen atoms in total. The summed E-state index contributed by atoms with van der Waals surface area (Å²) in [5.41, 5.74) is 0.111. The maximum atomic E-state index is 6.66. The Balaban J connectivity index is 3.50. The maximum Gasteiger partial charge on any atom is 0.0283 e. The third kappa shape index (κ3) is 7.21. The van der Waals surface area contributed by atoms with E-state index in [1.54, 1.807) is 12.3 Å².